The maximum absolute atomic E-state index is 12.6. The van der Waals surface area contributed by atoms with E-state index in [1.54, 1.807) is 12.1 Å². The lowest BCUT2D eigenvalue weighted by Gasteiger charge is -2.20. The Hall–Kier alpha value is -2.18. The Morgan fingerprint density at radius 2 is 1.65 bits per heavy atom. The summed E-state index contributed by atoms with van der Waals surface area (Å²) in [4.78, 5) is 11.2. The lowest BCUT2D eigenvalue weighted by Crippen LogP contribution is -2.27. The molecule has 6 heteroatoms. The molecule has 26 heavy (non-hydrogen) atoms. The summed E-state index contributed by atoms with van der Waals surface area (Å²) in [6.45, 7) is 3.26. The summed E-state index contributed by atoms with van der Waals surface area (Å²) in [6, 6.07) is 12.1. The molecule has 0 saturated heterocycles. The van der Waals surface area contributed by atoms with E-state index in [1.165, 1.54) is 43.0 Å². The first kappa shape index (κ1) is 18.6. The van der Waals surface area contributed by atoms with E-state index in [9.17, 15) is 13.2 Å². The Morgan fingerprint density at radius 1 is 1.00 bits per heavy atom. The van der Waals surface area contributed by atoms with Gasteiger partial charge in [-0.15, -0.1) is 0 Å². The summed E-state index contributed by atoms with van der Waals surface area (Å²) >= 11 is 0. The van der Waals surface area contributed by atoms with Crippen LogP contribution in [0.5, 0.6) is 0 Å². The van der Waals surface area contributed by atoms with E-state index < -0.39 is 10.0 Å². The molecule has 0 aliphatic heterocycles. The van der Waals surface area contributed by atoms with E-state index in [0.29, 0.717) is 5.69 Å². The highest BCUT2D eigenvalue weighted by Crippen LogP contribution is 2.25. The van der Waals surface area contributed by atoms with Gasteiger partial charge in [-0.05, 0) is 73.6 Å². The van der Waals surface area contributed by atoms with Crippen LogP contribution in [0.15, 0.2) is 47.4 Å². The minimum Gasteiger partial charge on any atom is -0.326 e. The van der Waals surface area contributed by atoms with Gasteiger partial charge in [-0.3, -0.25) is 4.79 Å². The maximum Gasteiger partial charge on any atom is 0.241 e. The molecule has 0 saturated carbocycles. The van der Waals surface area contributed by atoms with Crippen molar-refractivity contribution in [2.45, 2.75) is 50.5 Å². The van der Waals surface area contributed by atoms with Crippen LogP contribution >= 0.6 is 0 Å². The Bertz CT molecular complexity index is 905. The lowest BCUT2D eigenvalue weighted by atomic mass is 9.89. The van der Waals surface area contributed by atoms with Gasteiger partial charge in [-0.1, -0.05) is 18.2 Å². The number of nitrogens with one attached hydrogen (secondary N) is 2. The second-order valence-corrected chi connectivity index (χ2v) is 8.50. The highest BCUT2D eigenvalue weighted by atomic mass is 32.2. The van der Waals surface area contributed by atoms with Gasteiger partial charge in [0.15, 0.2) is 0 Å². The average molecular weight is 372 g/mol. The number of hydrogen-bond acceptors (Lipinski definition) is 3. The van der Waals surface area contributed by atoms with E-state index >= 15 is 0 Å². The zero-order valence-electron chi connectivity index (χ0n) is 15.1. The predicted octanol–water partition coefficient (Wildman–Crippen LogP) is 3.56. The minimum atomic E-state index is -3.64. The molecule has 2 N–H and O–H groups in total. The summed E-state index contributed by atoms with van der Waals surface area (Å²) in [5.74, 6) is -0.195. The van der Waals surface area contributed by atoms with Crippen LogP contribution in [0, 0.1) is 0 Å². The molecule has 1 aliphatic rings. The van der Waals surface area contributed by atoms with Crippen molar-refractivity contribution in [3.05, 3.63) is 59.2 Å². The van der Waals surface area contributed by atoms with Gasteiger partial charge in [0.2, 0.25) is 15.9 Å². The van der Waals surface area contributed by atoms with Crippen molar-refractivity contribution >= 4 is 21.6 Å². The van der Waals surface area contributed by atoms with Gasteiger partial charge < -0.3 is 5.32 Å². The molecule has 0 spiro atoms. The van der Waals surface area contributed by atoms with Crippen molar-refractivity contribution in [3.8, 4) is 0 Å². The molecule has 0 fully saturated rings. The topological polar surface area (TPSA) is 75.3 Å². The van der Waals surface area contributed by atoms with Crippen LogP contribution in [0.25, 0.3) is 0 Å². The van der Waals surface area contributed by atoms with E-state index in [-0.39, 0.29) is 16.8 Å². The zero-order valence-corrected chi connectivity index (χ0v) is 15.9. The van der Waals surface area contributed by atoms with Gasteiger partial charge >= 0.3 is 0 Å². The summed E-state index contributed by atoms with van der Waals surface area (Å²) < 4.78 is 28.0. The van der Waals surface area contributed by atoms with Gasteiger partial charge in [0.05, 0.1) is 4.90 Å². The number of carbonyl (C=O) groups excluding carboxylic acids is 1. The first-order valence-electron chi connectivity index (χ1n) is 8.87. The Morgan fingerprint density at radius 3 is 2.31 bits per heavy atom. The average Bonchev–Trinajstić information content (AvgIpc) is 2.61. The highest BCUT2D eigenvalue weighted by Gasteiger charge is 2.19. The number of hydrogen-bond donors (Lipinski definition) is 2. The van der Waals surface area contributed by atoms with E-state index in [0.717, 1.165) is 18.4 Å². The largest absolute Gasteiger partial charge is 0.326 e. The predicted molar refractivity (Wildman–Crippen MR) is 103 cm³/mol. The normalized spacial score (nSPS) is 15.2. The van der Waals surface area contributed by atoms with Gasteiger partial charge in [-0.2, -0.15) is 0 Å². The molecule has 1 amide bonds. The van der Waals surface area contributed by atoms with Crippen LogP contribution in [0.3, 0.4) is 0 Å². The highest BCUT2D eigenvalue weighted by molar-refractivity contribution is 7.89. The van der Waals surface area contributed by atoms with Gasteiger partial charge in [0, 0.05) is 18.7 Å². The van der Waals surface area contributed by atoms with Gasteiger partial charge in [0.25, 0.3) is 0 Å². The van der Waals surface area contributed by atoms with Crippen molar-refractivity contribution in [2.24, 2.45) is 0 Å². The first-order chi connectivity index (χ1) is 12.3. The number of fused-ring (bicyclic) bond motifs is 1. The quantitative estimate of drug-likeness (QED) is 0.843. The summed E-state index contributed by atoms with van der Waals surface area (Å²) in [5.41, 5.74) is 4.26. The van der Waals surface area contributed by atoms with Crippen LogP contribution in [0.2, 0.25) is 0 Å². The Balaban J connectivity index is 1.75. The molecule has 2 aromatic rings. The van der Waals surface area contributed by atoms with E-state index in [1.807, 2.05) is 13.0 Å². The van der Waals surface area contributed by atoms with Crippen molar-refractivity contribution in [1.29, 1.82) is 0 Å². The molecule has 138 valence electrons. The van der Waals surface area contributed by atoms with Gasteiger partial charge in [0.1, 0.15) is 0 Å². The molecular weight excluding hydrogens is 348 g/mol. The molecule has 2 aromatic carbocycles. The van der Waals surface area contributed by atoms with Crippen LogP contribution in [-0.2, 0) is 27.7 Å². The maximum atomic E-state index is 12.6. The van der Waals surface area contributed by atoms with Crippen LogP contribution in [-0.4, -0.2) is 14.3 Å². The van der Waals surface area contributed by atoms with E-state index in [2.05, 4.69) is 22.2 Å². The minimum absolute atomic E-state index is 0.177. The Kier molecular flexibility index (Phi) is 5.44. The third kappa shape index (κ3) is 4.31. The number of anilines is 1. The third-order valence-electron chi connectivity index (χ3n) is 4.69. The van der Waals surface area contributed by atoms with Crippen LogP contribution in [0.4, 0.5) is 5.69 Å². The van der Waals surface area contributed by atoms with Crippen LogP contribution in [0.1, 0.15) is 49.4 Å². The Labute approximate surface area is 154 Å². The standard InChI is InChI=1S/C20H24N2O3S/c1-14(17-8-7-16-5-3-4-6-18(16)13-17)22-26(24,25)20-11-9-19(10-12-20)21-15(2)23/h7-14,22H,3-6H2,1-2H3,(H,21,23). The second-order valence-electron chi connectivity index (χ2n) is 6.78. The second kappa shape index (κ2) is 7.60. The smallest absolute Gasteiger partial charge is 0.241 e. The van der Waals surface area contributed by atoms with Crippen molar-refractivity contribution in [1.82, 2.24) is 4.72 Å². The molecule has 0 heterocycles. The van der Waals surface area contributed by atoms with Crippen molar-refractivity contribution < 1.29 is 13.2 Å². The molecule has 1 atom stereocenters. The fourth-order valence-corrected chi connectivity index (χ4v) is 4.54. The molecule has 1 unspecified atom stereocenters. The monoisotopic (exact) mass is 372 g/mol. The molecule has 3 rings (SSSR count). The summed E-state index contributed by atoms with van der Waals surface area (Å²) in [7, 11) is -3.64. The fourth-order valence-electron chi connectivity index (χ4n) is 3.31. The van der Waals surface area contributed by atoms with Crippen molar-refractivity contribution in [2.75, 3.05) is 5.32 Å². The van der Waals surface area contributed by atoms with Crippen molar-refractivity contribution in [3.63, 3.8) is 0 Å². The SMILES string of the molecule is CC(=O)Nc1ccc(S(=O)(=O)NC(C)c2ccc3c(c2)CCCC3)cc1. The number of rotatable bonds is 5. The first-order valence-corrected chi connectivity index (χ1v) is 10.4. The summed E-state index contributed by atoms with van der Waals surface area (Å²) in [5, 5.41) is 2.62. The van der Waals surface area contributed by atoms with E-state index in [4.69, 9.17) is 0 Å². The molecule has 1 aliphatic carbocycles. The molecule has 0 aromatic heterocycles. The zero-order chi connectivity index (χ0) is 18.7. The molecular formula is C20H24N2O3S. The number of benzene rings is 2. The fraction of sp³-hybridized carbons (Fsp3) is 0.350. The summed E-state index contributed by atoms with van der Waals surface area (Å²) in [6.07, 6.45) is 4.59. The number of carbonyl (C=O) groups is 1. The number of sulfonamides is 1. The van der Waals surface area contributed by atoms with Crippen LogP contribution < -0.4 is 10.0 Å². The molecule has 0 radical (unpaired) electrons. The number of amides is 1. The lowest BCUT2D eigenvalue weighted by molar-refractivity contribution is -0.114. The molecule has 5 nitrogen and oxygen atoms in total. The number of aryl methyl sites for hydroxylation is 2. The van der Waals surface area contributed by atoms with Gasteiger partial charge in [-0.25, -0.2) is 13.1 Å². The third-order valence-corrected chi connectivity index (χ3v) is 6.25. The molecule has 0 bridgehead atoms.